The lowest BCUT2D eigenvalue weighted by atomic mass is 10.0. The molecule has 4 aromatic carbocycles. The minimum atomic E-state index is -0.394. The van der Waals surface area contributed by atoms with Crippen molar-refractivity contribution >= 4 is 33.9 Å². The number of hydrogen-bond donors (Lipinski definition) is 3. The zero-order chi connectivity index (χ0) is 27.2. The minimum absolute atomic E-state index is 0.0414. The Labute approximate surface area is 226 Å². The van der Waals surface area contributed by atoms with Gasteiger partial charge in [0.25, 0.3) is 0 Å². The minimum Gasteiger partial charge on any atom is -0.494 e. The summed E-state index contributed by atoms with van der Waals surface area (Å²) in [7, 11) is 1.75. The normalized spacial score (nSPS) is 11.6. The summed E-state index contributed by atoms with van der Waals surface area (Å²) in [5.41, 5.74) is 4.95. The number of aromatic hydroxyl groups is 1. The van der Waals surface area contributed by atoms with E-state index in [1.165, 1.54) is 17.7 Å². The zero-order valence-electron chi connectivity index (χ0n) is 21.6. The molecule has 1 heterocycles. The fourth-order valence-electron chi connectivity index (χ4n) is 4.47. The molecule has 5 rings (SSSR count). The van der Waals surface area contributed by atoms with Crippen molar-refractivity contribution in [3.8, 4) is 5.88 Å². The fraction of sp³-hybridized carbons (Fsp3) is 0.125. The molecule has 0 saturated carbocycles. The first-order valence-electron chi connectivity index (χ1n) is 12.8. The van der Waals surface area contributed by atoms with E-state index in [1.54, 1.807) is 18.0 Å². The van der Waals surface area contributed by atoms with Crippen molar-refractivity contribution in [2.45, 2.75) is 6.42 Å². The van der Waals surface area contributed by atoms with Crippen molar-refractivity contribution in [3.63, 3.8) is 0 Å². The van der Waals surface area contributed by atoms with E-state index in [1.807, 2.05) is 72.8 Å². The Balaban J connectivity index is 1.34. The first-order valence-corrected chi connectivity index (χ1v) is 12.8. The quantitative estimate of drug-likeness (QED) is 0.165. The number of aliphatic imine (C=N–C) groups is 1. The van der Waals surface area contributed by atoms with Crippen LogP contribution in [0.1, 0.15) is 16.7 Å². The number of H-pyrrole nitrogens is 1. The fourth-order valence-corrected chi connectivity index (χ4v) is 4.47. The van der Waals surface area contributed by atoms with Crippen LogP contribution in [0.5, 0.6) is 5.88 Å². The molecule has 0 radical (unpaired) electrons. The molecule has 1 amide bonds. The first kappa shape index (κ1) is 25.9. The van der Waals surface area contributed by atoms with Crippen LogP contribution in [0, 0.1) is 5.82 Å². The van der Waals surface area contributed by atoms with E-state index in [-0.39, 0.29) is 18.3 Å². The Morgan fingerprint density at radius 2 is 1.64 bits per heavy atom. The van der Waals surface area contributed by atoms with Crippen molar-refractivity contribution in [2.24, 2.45) is 4.99 Å². The Morgan fingerprint density at radius 1 is 0.949 bits per heavy atom. The van der Waals surface area contributed by atoms with E-state index in [0.29, 0.717) is 34.4 Å². The maximum atomic E-state index is 13.8. The number of hydrogen-bond acceptors (Lipinski definition) is 4. The zero-order valence-corrected chi connectivity index (χ0v) is 21.6. The third-order valence-electron chi connectivity index (χ3n) is 6.59. The molecule has 0 aliphatic heterocycles. The van der Waals surface area contributed by atoms with Gasteiger partial charge in [-0.15, -0.1) is 0 Å². The van der Waals surface area contributed by atoms with E-state index in [0.717, 1.165) is 17.7 Å². The van der Waals surface area contributed by atoms with Gasteiger partial charge in [-0.2, -0.15) is 0 Å². The number of nitrogens with zero attached hydrogens (tertiary/aromatic N) is 2. The number of carbonyl (C=O) groups is 1. The van der Waals surface area contributed by atoms with Crippen LogP contribution >= 0.6 is 0 Å². The standard InChI is InChI=1S/C32H29FN4O2/c1-37(29(38)21-34-19-18-22-8-4-2-5-9-22)26-15-13-25(14-16-26)35-31(23-10-6-3-7-11-23)30-27-17-12-24(33)20-28(27)36-32(30)39/h2-17,20,34,36,39H,18-19,21H2,1H3. The van der Waals surface area contributed by atoms with Gasteiger partial charge in [0.1, 0.15) is 5.82 Å². The van der Waals surface area contributed by atoms with Gasteiger partial charge < -0.3 is 20.3 Å². The van der Waals surface area contributed by atoms with Crippen molar-refractivity contribution in [3.05, 3.63) is 126 Å². The molecule has 0 atom stereocenters. The molecule has 0 bridgehead atoms. The van der Waals surface area contributed by atoms with E-state index in [9.17, 15) is 14.3 Å². The van der Waals surface area contributed by atoms with Gasteiger partial charge in [-0.25, -0.2) is 9.38 Å². The first-order chi connectivity index (χ1) is 19.0. The second-order valence-electron chi connectivity index (χ2n) is 9.25. The number of likely N-dealkylation sites (N-methyl/N-ethyl adjacent to an activating group) is 1. The molecule has 1 aromatic heterocycles. The molecule has 0 spiro atoms. The van der Waals surface area contributed by atoms with Gasteiger partial charge >= 0.3 is 0 Å². The summed E-state index contributed by atoms with van der Waals surface area (Å²) >= 11 is 0. The molecule has 6 nitrogen and oxygen atoms in total. The van der Waals surface area contributed by atoms with Gasteiger partial charge in [0.05, 0.1) is 29.0 Å². The van der Waals surface area contributed by atoms with Crippen LogP contribution in [0.4, 0.5) is 15.8 Å². The third-order valence-corrected chi connectivity index (χ3v) is 6.59. The smallest absolute Gasteiger partial charge is 0.240 e. The van der Waals surface area contributed by atoms with Gasteiger partial charge in [0, 0.05) is 23.7 Å². The van der Waals surface area contributed by atoms with Gasteiger partial charge in [0.2, 0.25) is 5.91 Å². The molecule has 5 aromatic rings. The average Bonchev–Trinajstić information content (AvgIpc) is 3.29. The maximum Gasteiger partial charge on any atom is 0.240 e. The predicted molar refractivity (Wildman–Crippen MR) is 155 cm³/mol. The lowest BCUT2D eigenvalue weighted by Gasteiger charge is -2.18. The number of aromatic amines is 1. The van der Waals surface area contributed by atoms with E-state index >= 15 is 0 Å². The topological polar surface area (TPSA) is 80.7 Å². The highest BCUT2D eigenvalue weighted by atomic mass is 19.1. The summed E-state index contributed by atoms with van der Waals surface area (Å²) in [5, 5.41) is 14.6. The molecular formula is C32H29FN4O2. The Kier molecular flexibility index (Phi) is 7.80. The largest absolute Gasteiger partial charge is 0.494 e. The van der Waals surface area contributed by atoms with Crippen molar-refractivity contribution in [2.75, 3.05) is 25.0 Å². The summed E-state index contributed by atoms with van der Waals surface area (Å²) in [4.78, 5) is 22.1. The number of aromatic nitrogens is 1. The second-order valence-corrected chi connectivity index (χ2v) is 9.25. The molecule has 0 unspecified atom stereocenters. The number of anilines is 1. The summed E-state index contributed by atoms with van der Waals surface area (Å²) in [5.74, 6) is -0.519. The highest BCUT2D eigenvalue weighted by Gasteiger charge is 2.19. The van der Waals surface area contributed by atoms with Crippen molar-refractivity contribution in [1.29, 1.82) is 0 Å². The number of amides is 1. The lowest BCUT2D eigenvalue weighted by molar-refractivity contribution is -0.117. The molecule has 196 valence electrons. The third kappa shape index (κ3) is 6.05. The number of benzene rings is 4. The molecule has 0 aliphatic rings. The van der Waals surface area contributed by atoms with E-state index < -0.39 is 5.82 Å². The average molecular weight is 521 g/mol. The highest BCUT2D eigenvalue weighted by Crippen LogP contribution is 2.32. The van der Waals surface area contributed by atoms with Crippen molar-refractivity contribution in [1.82, 2.24) is 10.3 Å². The van der Waals surface area contributed by atoms with Crippen LogP contribution in [-0.4, -0.2) is 41.8 Å². The van der Waals surface area contributed by atoms with Crippen LogP contribution in [-0.2, 0) is 11.2 Å². The molecule has 0 aliphatic carbocycles. The summed E-state index contributed by atoms with van der Waals surface area (Å²) in [6.45, 7) is 0.953. The molecule has 0 saturated heterocycles. The molecule has 0 fully saturated rings. The van der Waals surface area contributed by atoms with Gasteiger partial charge in [-0.1, -0.05) is 60.7 Å². The van der Waals surface area contributed by atoms with Gasteiger partial charge in [-0.05, 0) is 61.0 Å². The van der Waals surface area contributed by atoms with Crippen molar-refractivity contribution < 1.29 is 14.3 Å². The highest BCUT2D eigenvalue weighted by molar-refractivity contribution is 6.21. The summed E-state index contributed by atoms with van der Waals surface area (Å²) < 4.78 is 13.8. The van der Waals surface area contributed by atoms with E-state index in [4.69, 9.17) is 4.99 Å². The number of fused-ring (bicyclic) bond motifs is 1. The SMILES string of the molecule is CN(C(=O)CNCCc1ccccc1)c1ccc(N=C(c2ccccc2)c2c(O)[nH]c3cc(F)ccc23)cc1. The number of rotatable bonds is 9. The second kappa shape index (κ2) is 11.8. The Hall–Kier alpha value is -4.75. The monoisotopic (exact) mass is 520 g/mol. The van der Waals surface area contributed by atoms with E-state index in [2.05, 4.69) is 22.4 Å². The number of nitrogens with one attached hydrogen (secondary N) is 2. The predicted octanol–water partition coefficient (Wildman–Crippen LogP) is 5.98. The van der Waals surface area contributed by atoms with Gasteiger partial charge in [0.15, 0.2) is 5.88 Å². The molecule has 7 heteroatoms. The van der Waals surface area contributed by atoms with Crippen LogP contribution in [0.25, 0.3) is 10.9 Å². The van der Waals surface area contributed by atoms with Crippen LogP contribution in [0.15, 0.2) is 108 Å². The molecule has 39 heavy (non-hydrogen) atoms. The van der Waals surface area contributed by atoms with Crippen LogP contribution in [0.2, 0.25) is 0 Å². The summed E-state index contributed by atoms with van der Waals surface area (Å²) in [6, 6.07) is 31.3. The number of halogens is 1. The van der Waals surface area contributed by atoms with Crippen LogP contribution in [0.3, 0.4) is 0 Å². The Morgan fingerprint density at radius 3 is 2.36 bits per heavy atom. The number of carbonyl (C=O) groups excluding carboxylic acids is 1. The Bertz CT molecular complexity index is 1600. The lowest BCUT2D eigenvalue weighted by Crippen LogP contribution is -2.36. The summed E-state index contributed by atoms with van der Waals surface area (Å²) in [6.07, 6.45) is 0.856. The maximum absolute atomic E-state index is 13.8. The molecule has 3 N–H and O–H groups in total. The van der Waals surface area contributed by atoms with Crippen LogP contribution < -0.4 is 10.2 Å². The molecular weight excluding hydrogens is 491 g/mol. The van der Waals surface area contributed by atoms with Gasteiger partial charge in [-0.3, -0.25) is 4.79 Å².